The molecule has 0 bridgehead atoms. The molecule has 61 heavy (non-hydrogen) atoms. The third-order valence-corrected chi connectivity index (χ3v) is 11.9. The van der Waals surface area contributed by atoms with E-state index in [-0.39, 0.29) is 180 Å². The molecule has 0 heterocycles. The maximum atomic E-state index is 7.37. The highest BCUT2D eigenvalue weighted by atomic mass is 14.3. The van der Waals surface area contributed by atoms with Crippen LogP contribution in [0.1, 0.15) is 0 Å². The van der Waals surface area contributed by atoms with E-state index in [2.05, 4.69) is 0 Å². The van der Waals surface area contributed by atoms with E-state index in [4.69, 9.17) is 165 Å². The van der Waals surface area contributed by atoms with Crippen LogP contribution in [-0.4, -0.2) is 165 Å². The van der Waals surface area contributed by atoms with Crippen LogP contribution in [0.5, 0.6) is 0 Å². The SMILES string of the molecule is [B]c1c([B])c([B])c2c([B])c(-c3c4c([B])c([B])c([B])c([B])c4c(-c4c([B])c([B])c5c([B])c([B])c([B])c([B])c5c4[B])c4c([B])c(-c5ccccc5)c([B])c([B])c34)c([B])c([B])c2c1[B]. The molecule has 0 N–H and O–H groups in total. The lowest BCUT2D eigenvalue weighted by Crippen LogP contribution is -2.52. The van der Waals surface area contributed by atoms with Crippen LogP contribution in [0.2, 0.25) is 0 Å². The number of hydrogen-bond acceptors (Lipinski definition) is 0. The fraction of sp³-hybridized carbons (Fsp3) is 0. The van der Waals surface area contributed by atoms with E-state index in [1.165, 1.54) is 0 Å². The van der Waals surface area contributed by atoms with Crippen LogP contribution >= 0.6 is 0 Å². The fourth-order valence-corrected chi connectivity index (χ4v) is 8.74. The molecule has 8 rings (SSSR count). The highest BCUT2D eigenvalue weighted by molar-refractivity contribution is 6.76. The quantitative estimate of drug-likeness (QED) is 0.126. The van der Waals surface area contributed by atoms with E-state index in [1.54, 1.807) is 24.3 Å². The highest BCUT2D eigenvalue weighted by Gasteiger charge is 2.30. The lowest BCUT2D eigenvalue weighted by molar-refractivity contribution is 1.69. The molecule has 0 nitrogen and oxygen atoms in total. The van der Waals surface area contributed by atoms with Crippen molar-refractivity contribution in [1.29, 1.82) is 0 Å². The van der Waals surface area contributed by atoms with Crippen LogP contribution in [0.25, 0.3) is 76.5 Å². The molecule has 21 heteroatoms. The molecule has 42 radical (unpaired) electrons. The Labute approximate surface area is 384 Å². The lowest BCUT2D eigenvalue weighted by atomic mass is 9.56. The highest BCUT2D eigenvalue weighted by Crippen LogP contribution is 2.40. The number of fused-ring (bicyclic) bond motifs is 4. The normalized spacial score (nSPS) is 11.7. The molecule has 0 aliphatic rings. The van der Waals surface area contributed by atoms with Gasteiger partial charge in [0.15, 0.2) is 0 Å². The molecule has 0 saturated heterocycles. The van der Waals surface area contributed by atoms with E-state index in [0.29, 0.717) is 11.1 Å². The minimum absolute atomic E-state index is 0.0139. The predicted molar refractivity (Wildman–Crippen MR) is 286 cm³/mol. The maximum absolute atomic E-state index is 7.37. The first-order chi connectivity index (χ1) is 28.6. The number of rotatable bonds is 3. The number of hydrogen-bond donors (Lipinski definition) is 0. The van der Waals surface area contributed by atoms with Gasteiger partial charge in [-0.2, -0.15) is 0 Å². The van der Waals surface area contributed by atoms with Crippen molar-refractivity contribution in [2.75, 3.05) is 0 Å². The summed E-state index contributed by atoms with van der Waals surface area (Å²) in [7, 11) is 142. The Balaban J connectivity index is 1.80. The van der Waals surface area contributed by atoms with Gasteiger partial charge in [0.2, 0.25) is 0 Å². The summed E-state index contributed by atoms with van der Waals surface area (Å²) in [4.78, 5) is 0. The van der Waals surface area contributed by atoms with Crippen LogP contribution in [0.4, 0.5) is 0 Å². The van der Waals surface area contributed by atoms with Crippen molar-refractivity contribution < 1.29 is 0 Å². The zero-order valence-corrected chi connectivity index (χ0v) is 32.5. The standard InChI is InChI=1S/C40H5B21/c41-20-7(6-4-2-1-3-5-6)23(44)24(45)11-9(15-22(43)17-19(30(51)28(15)49)34(55)40(61)38(59)32(17)53)13-12(25(46)35(56)36(57)26(13)47)8(10(11)20)14-21(42)16-18(29(50)27(14)48)33(54)39(60)37(58)31(16)52/h1-5H. The molecule has 0 fully saturated rings. The van der Waals surface area contributed by atoms with Crippen molar-refractivity contribution >= 4 is 323 Å². The van der Waals surface area contributed by atoms with Gasteiger partial charge < -0.3 is 0 Å². The summed E-state index contributed by atoms with van der Waals surface area (Å²) < 4.78 is 0. The van der Waals surface area contributed by atoms with Crippen molar-refractivity contribution in [3.05, 3.63) is 30.3 Å². The van der Waals surface area contributed by atoms with Crippen LogP contribution in [0, 0.1) is 0 Å². The van der Waals surface area contributed by atoms with Crippen molar-refractivity contribution in [3.63, 3.8) is 0 Å². The summed E-state index contributed by atoms with van der Waals surface area (Å²) in [6, 6.07) is 8.98. The van der Waals surface area contributed by atoms with E-state index >= 15 is 0 Å². The van der Waals surface area contributed by atoms with Gasteiger partial charge in [-0.15, -0.1) is 32.8 Å². The predicted octanol–water partition coefficient (Wildman–Crippen LogP) is -14.0. The van der Waals surface area contributed by atoms with Crippen LogP contribution in [0.15, 0.2) is 30.3 Å². The molecule has 0 spiro atoms. The Bertz CT molecular complexity index is 3360. The van der Waals surface area contributed by atoms with Crippen LogP contribution in [-0.2, 0) is 0 Å². The Morgan fingerprint density at radius 1 is 0.164 bits per heavy atom. The Morgan fingerprint density at radius 3 is 0.705 bits per heavy atom. The third-order valence-electron chi connectivity index (χ3n) is 11.9. The van der Waals surface area contributed by atoms with Crippen molar-refractivity contribution in [2.45, 2.75) is 0 Å². The van der Waals surface area contributed by atoms with Gasteiger partial charge in [0, 0.05) is 0 Å². The van der Waals surface area contributed by atoms with Gasteiger partial charge in [-0.3, -0.25) is 0 Å². The molecule has 0 amide bonds. The average molecular weight is 713 g/mol. The topological polar surface area (TPSA) is 0 Å². The van der Waals surface area contributed by atoms with Crippen molar-refractivity contribution in [3.8, 4) is 33.4 Å². The molecule has 8 aromatic carbocycles. The zero-order chi connectivity index (χ0) is 44.7. The second-order valence-electron chi connectivity index (χ2n) is 14.9. The van der Waals surface area contributed by atoms with Gasteiger partial charge >= 0.3 is 0 Å². The van der Waals surface area contributed by atoms with E-state index < -0.39 is 0 Å². The van der Waals surface area contributed by atoms with Gasteiger partial charge in [-0.25, -0.2) is 0 Å². The second kappa shape index (κ2) is 15.2. The summed E-state index contributed by atoms with van der Waals surface area (Å²) in [5.74, 6) is 0. The lowest BCUT2D eigenvalue weighted by Gasteiger charge is -2.33. The monoisotopic (exact) mass is 716 g/mol. The molecular formula is C40H5B21. The summed E-state index contributed by atoms with van der Waals surface area (Å²) in [6.45, 7) is 0. The maximum Gasteiger partial charge on any atom is 0.115 e. The van der Waals surface area contributed by atoms with Gasteiger partial charge in [0.1, 0.15) is 165 Å². The van der Waals surface area contributed by atoms with Gasteiger partial charge in [-0.05, 0) is 76.5 Å². The molecule has 228 valence electrons. The molecule has 0 atom stereocenters. The Kier molecular flexibility index (Phi) is 10.9. The summed E-state index contributed by atoms with van der Waals surface area (Å²) in [6.07, 6.45) is 0. The minimum atomic E-state index is -0.122. The molecule has 0 aromatic heterocycles. The molecule has 0 saturated carbocycles. The van der Waals surface area contributed by atoms with E-state index in [9.17, 15) is 0 Å². The van der Waals surface area contributed by atoms with E-state index in [1.807, 2.05) is 6.07 Å². The summed E-state index contributed by atoms with van der Waals surface area (Å²) >= 11 is 0. The molecular weight excluding hydrogens is 707 g/mol. The fourth-order valence-electron chi connectivity index (χ4n) is 8.74. The van der Waals surface area contributed by atoms with Crippen molar-refractivity contribution in [1.82, 2.24) is 0 Å². The second-order valence-corrected chi connectivity index (χ2v) is 14.9. The summed E-state index contributed by atoms with van der Waals surface area (Å²) in [5, 5.41) is 0.971. The first kappa shape index (κ1) is 43.8. The van der Waals surface area contributed by atoms with Gasteiger partial charge in [0.05, 0.1) is 0 Å². The van der Waals surface area contributed by atoms with E-state index in [0.717, 1.165) is 0 Å². The zero-order valence-electron chi connectivity index (χ0n) is 32.5. The first-order valence-electron chi connectivity index (χ1n) is 18.2. The Hall–Kier alpha value is -3.84. The Morgan fingerprint density at radius 2 is 0.377 bits per heavy atom. The molecule has 0 unspecified atom stereocenters. The third kappa shape index (κ3) is 5.83. The van der Waals surface area contributed by atoms with Gasteiger partial charge in [0.25, 0.3) is 0 Å². The molecule has 0 aliphatic carbocycles. The van der Waals surface area contributed by atoms with Crippen molar-refractivity contribution in [2.24, 2.45) is 0 Å². The first-order valence-corrected chi connectivity index (χ1v) is 18.2. The van der Waals surface area contributed by atoms with Gasteiger partial charge in [-0.1, -0.05) is 112 Å². The molecule has 0 aliphatic heterocycles. The van der Waals surface area contributed by atoms with Crippen LogP contribution < -0.4 is 115 Å². The summed E-state index contributed by atoms with van der Waals surface area (Å²) in [5.41, 5.74) is 0.00956. The largest absolute Gasteiger partial charge is 0.115 e. The number of benzene rings is 8. The van der Waals surface area contributed by atoms with Crippen LogP contribution in [0.3, 0.4) is 0 Å². The average Bonchev–Trinajstić information content (AvgIpc) is 3.23. The smallest absolute Gasteiger partial charge is 0.110 e. The molecule has 8 aromatic rings. The minimum Gasteiger partial charge on any atom is -0.110 e.